The molecule has 6 unspecified atom stereocenters. The van der Waals surface area contributed by atoms with Gasteiger partial charge in [-0.15, -0.1) is 0 Å². The van der Waals surface area contributed by atoms with E-state index in [0.29, 0.717) is 13.0 Å². The fraction of sp³-hybridized carbons (Fsp3) is 0.745. The summed E-state index contributed by atoms with van der Waals surface area (Å²) in [5.41, 5.74) is 0. The van der Waals surface area contributed by atoms with E-state index < -0.39 is 59.8 Å². The van der Waals surface area contributed by atoms with Gasteiger partial charge in [0.15, 0.2) is 6.29 Å². The predicted molar refractivity (Wildman–Crippen MR) is 257 cm³/mol. The number of esters is 1. The van der Waals surface area contributed by atoms with Crippen LogP contribution in [-0.2, 0) is 38.3 Å². The lowest BCUT2D eigenvalue weighted by atomic mass is 9.99. The Bertz CT molecular complexity index is 1390. The van der Waals surface area contributed by atoms with E-state index in [9.17, 15) is 33.1 Å². The Kier molecular flexibility index (Phi) is 39.0. The van der Waals surface area contributed by atoms with Crippen molar-refractivity contribution < 1.29 is 56.2 Å². The van der Waals surface area contributed by atoms with Crippen molar-refractivity contribution in [3.05, 3.63) is 72.9 Å². The molecule has 0 spiro atoms. The largest absolute Gasteiger partial charge is 0.457 e. The third kappa shape index (κ3) is 34.8. The van der Waals surface area contributed by atoms with Crippen LogP contribution in [0.5, 0.6) is 0 Å². The van der Waals surface area contributed by atoms with E-state index in [2.05, 4.69) is 90.9 Å². The quantitative estimate of drug-likeness (QED) is 0.0197. The van der Waals surface area contributed by atoms with Crippen LogP contribution in [0.25, 0.3) is 0 Å². The summed E-state index contributed by atoms with van der Waals surface area (Å²) in [6.07, 6.45) is 45.0. The molecule has 0 aromatic rings. The minimum atomic E-state index is -5.07. The fourth-order valence-corrected chi connectivity index (χ4v) is 7.61. The molecule has 1 saturated heterocycles. The fourth-order valence-electron chi connectivity index (χ4n) is 7.10. The van der Waals surface area contributed by atoms with Crippen molar-refractivity contribution in [1.29, 1.82) is 0 Å². The van der Waals surface area contributed by atoms with Crippen molar-refractivity contribution in [3.8, 4) is 0 Å². The van der Waals surface area contributed by atoms with Crippen LogP contribution in [0.2, 0.25) is 0 Å². The highest BCUT2D eigenvalue weighted by molar-refractivity contribution is 7.80. The predicted octanol–water partition coefficient (Wildman–Crippen LogP) is 11.1. The summed E-state index contributed by atoms with van der Waals surface area (Å²) in [5.74, 6) is -0.415. The molecule has 0 aromatic carbocycles. The maximum atomic E-state index is 12.9. The van der Waals surface area contributed by atoms with Crippen molar-refractivity contribution >= 4 is 16.4 Å². The van der Waals surface area contributed by atoms with Gasteiger partial charge in [-0.2, -0.15) is 8.42 Å². The van der Waals surface area contributed by atoms with Crippen LogP contribution < -0.4 is 0 Å². The summed E-state index contributed by atoms with van der Waals surface area (Å²) in [4.78, 5) is 12.9. The van der Waals surface area contributed by atoms with Crippen molar-refractivity contribution in [3.63, 3.8) is 0 Å². The van der Waals surface area contributed by atoms with E-state index in [0.717, 1.165) is 89.9 Å². The minimum absolute atomic E-state index is 0.0238. The van der Waals surface area contributed by atoms with Gasteiger partial charge < -0.3 is 34.3 Å². The zero-order chi connectivity index (χ0) is 46.8. The third-order valence-electron chi connectivity index (χ3n) is 10.8. The van der Waals surface area contributed by atoms with Gasteiger partial charge in [-0.1, -0.05) is 164 Å². The molecule has 64 heavy (non-hydrogen) atoms. The average Bonchev–Trinajstić information content (AvgIpc) is 3.27. The highest BCUT2D eigenvalue weighted by atomic mass is 32.3. The Morgan fingerprint density at radius 3 is 1.59 bits per heavy atom. The van der Waals surface area contributed by atoms with E-state index in [1.807, 2.05) is 0 Å². The molecule has 0 amide bonds. The van der Waals surface area contributed by atoms with Gasteiger partial charge in [0.25, 0.3) is 0 Å². The lowest BCUT2D eigenvalue weighted by molar-refractivity contribution is -0.301. The Balaban J connectivity index is 2.38. The van der Waals surface area contributed by atoms with E-state index in [1.165, 1.54) is 64.2 Å². The third-order valence-corrected chi connectivity index (χ3v) is 11.3. The molecule has 1 aliphatic heterocycles. The molecule has 1 fully saturated rings. The van der Waals surface area contributed by atoms with E-state index in [-0.39, 0.29) is 19.6 Å². The summed E-state index contributed by atoms with van der Waals surface area (Å²) in [7, 11) is -5.07. The first-order chi connectivity index (χ1) is 31.1. The lowest BCUT2D eigenvalue weighted by Gasteiger charge is -2.41. The maximum Gasteiger partial charge on any atom is 0.397 e. The van der Waals surface area contributed by atoms with Gasteiger partial charge in [0.1, 0.15) is 30.5 Å². The van der Waals surface area contributed by atoms with Crippen LogP contribution in [0, 0.1) is 0 Å². The molecule has 1 heterocycles. The maximum absolute atomic E-state index is 12.9. The summed E-state index contributed by atoms with van der Waals surface area (Å²) < 4.78 is 59.2. The molecular weight excluding hydrogens is 837 g/mol. The Hall–Kier alpha value is -2.46. The average molecular weight is 925 g/mol. The van der Waals surface area contributed by atoms with E-state index in [1.54, 1.807) is 0 Å². The number of unbranched alkanes of at least 4 members (excludes halogenated alkanes) is 17. The van der Waals surface area contributed by atoms with E-state index in [4.69, 9.17) is 18.9 Å². The molecule has 0 saturated carbocycles. The zero-order valence-corrected chi connectivity index (χ0v) is 40.4. The lowest BCUT2D eigenvalue weighted by Crippen LogP contribution is -2.60. The number of hydrogen-bond donors (Lipinski definition) is 4. The Morgan fingerprint density at radius 2 is 1.08 bits per heavy atom. The molecule has 1 aliphatic rings. The second-order valence-electron chi connectivity index (χ2n) is 16.7. The number of carbonyl (C=O) groups is 1. The first kappa shape index (κ1) is 59.6. The molecule has 1 rings (SSSR count). The minimum Gasteiger partial charge on any atom is -0.457 e. The van der Waals surface area contributed by atoms with Gasteiger partial charge in [-0.25, -0.2) is 4.18 Å². The van der Waals surface area contributed by atoms with Gasteiger partial charge in [0, 0.05) is 13.0 Å². The van der Waals surface area contributed by atoms with Gasteiger partial charge in [-0.3, -0.25) is 9.35 Å². The second kappa shape index (κ2) is 41.9. The number of hydrogen-bond acceptors (Lipinski definition) is 11. The number of ether oxygens (including phenoxy) is 4. The van der Waals surface area contributed by atoms with Crippen LogP contribution in [-0.4, -0.2) is 97.5 Å². The highest BCUT2D eigenvalue weighted by Crippen LogP contribution is 2.26. The molecular formula is C51H88O12S. The number of carbonyl (C=O) groups excluding carboxylic acids is 1. The van der Waals surface area contributed by atoms with E-state index >= 15 is 0 Å². The van der Waals surface area contributed by atoms with Crippen LogP contribution in [0.15, 0.2) is 72.9 Å². The standard InChI is InChI=1S/C51H88O12S/c1-3-5-7-9-11-13-15-17-19-20-21-22-23-24-25-26-27-28-30-32-34-36-38-40-47(53)61-45(43-59-41-39-37-35-33-31-29-18-16-14-12-10-8-6-4-2)44-60-51-49(55)50(63-64(56,57)58)48(54)46(42-52)62-51/h5,7,11,13-14,16-17,19,21-22,24-25,45-46,48-52,54-55H,3-4,6,8-10,12,15,18,20,23,26-44H2,1-2H3,(H,56,57,58)/b7-5-,13-11-,16-14-,19-17-,22-21-,25-24-. The van der Waals surface area contributed by atoms with Crippen LogP contribution in [0.4, 0.5) is 0 Å². The molecule has 13 heteroatoms. The van der Waals surface area contributed by atoms with Crippen molar-refractivity contribution in [2.75, 3.05) is 26.4 Å². The molecule has 0 aliphatic carbocycles. The number of allylic oxidation sites excluding steroid dienone is 12. The smallest absolute Gasteiger partial charge is 0.397 e. The summed E-state index contributed by atoms with van der Waals surface area (Å²) in [5, 5.41) is 30.7. The highest BCUT2D eigenvalue weighted by Gasteiger charge is 2.48. The van der Waals surface area contributed by atoms with Crippen LogP contribution in [0.3, 0.4) is 0 Å². The van der Waals surface area contributed by atoms with Gasteiger partial charge in [0.2, 0.25) is 0 Å². The Morgan fingerprint density at radius 1 is 0.609 bits per heavy atom. The van der Waals surface area contributed by atoms with Crippen LogP contribution >= 0.6 is 0 Å². The number of aliphatic hydroxyl groups excluding tert-OH is 3. The topological polar surface area (TPSA) is 178 Å². The number of aliphatic hydroxyl groups is 3. The number of rotatable bonds is 42. The first-order valence-electron chi connectivity index (χ1n) is 24.7. The van der Waals surface area contributed by atoms with Crippen molar-refractivity contribution in [2.24, 2.45) is 0 Å². The molecule has 370 valence electrons. The van der Waals surface area contributed by atoms with Gasteiger partial charge in [0.05, 0.1) is 19.8 Å². The normalized spacial score (nSPS) is 20.4. The molecule has 0 bridgehead atoms. The van der Waals surface area contributed by atoms with Gasteiger partial charge >= 0.3 is 16.4 Å². The summed E-state index contributed by atoms with van der Waals surface area (Å²) in [6.45, 7) is 3.83. The molecule has 4 N–H and O–H groups in total. The van der Waals surface area contributed by atoms with Crippen LogP contribution in [0.1, 0.15) is 181 Å². The molecule has 6 atom stereocenters. The molecule has 0 radical (unpaired) electrons. The molecule has 0 aromatic heterocycles. The zero-order valence-electron chi connectivity index (χ0n) is 39.6. The first-order valence-corrected chi connectivity index (χ1v) is 26.1. The van der Waals surface area contributed by atoms with Crippen molar-refractivity contribution in [2.45, 2.75) is 218 Å². The summed E-state index contributed by atoms with van der Waals surface area (Å²) in [6, 6.07) is 0. The van der Waals surface area contributed by atoms with Gasteiger partial charge in [-0.05, 0) is 83.5 Å². The summed E-state index contributed by atoms with van der Waals surface area (Å²) >= 11 is 0. The SMILES string of the molecule is CC/C=C\C/C=C\C/C=C\C/C=C\C/C=C\CCCCCCCCCC(=O)OC(COCCCCCCCC/C=C\CCCCCC)COC1OC(CO)C(O)C(OS(=O)(=O)O)C1O. The monoisotopic (exact) mass is 925 g/mol. The van der Waals surface area contributed by atoms with Crippen molar-refractivity contribution in [1.82, 2.24) is 0 Å². The second-order valence-corrected chi connectivity index (χ2v) is 17.7. The Labute approximate surface area is 388 Å². The molecule has 12 nitrogen and oxygen atoms in total.